The highest BCUT2D eigenvalue weighted by molar-refractivity contribution is 7.89. The molecule has 2 N–H and O–H groups in total. The monoisotopic (exact) mass is 422 g/mol. The van der Waals surface area contributed by atoms with E-state index in [1.54, 1.807) is 30.4 Å². The van der Waals surface area contributed by atoms with Crippen LogP contribution in [0.3, 0.4) is 0 Å². The molecule has 0 unspecified atom stereocenters. The third-order valence-electron chi connectivity index (χ3n) is 4.29. The fourth-order valence-electron chi connectivity index (χ4n) is 2.82. The van der Waals surface area contributed by atoms with Crippen LogP contribution in [-0.2, 0) is 14.8 Å². The molecule has 0 aliphatic carbocycles. The summed E-state index contributed by atoms with van der Waals surface area (Å²) in [6, 6.07) is 7.09. The lowest BCUT2D eigenvalue weighted by Gasteiger charge is -2.10. The minimum atomic E-state index is -3.63. The van der Waals surface area contributed by atoms with E-state index in [9.17, 15) is 18.0 Å². The van der Waals surface area contributed by atoms with Crippen LogP contribution in [0.4, 0.5) is 0 Å². The van der Waals surface area contributed by atoms with E-state index in [1.807, 2.05) is 32.9 Å². The van der Waals surface area contributed by atoms with E-state index in [0.29, 0.717) is 11.1 Å². The molecule has 0 spiro atoms. The van der Waals surface area contributed by atoms with Crippen LogP contribution in [0.5, 0.6) is 0 Å². The minimum absolute atomic E-state index is 0.0485. The smallest absolute Gasteiger partial charge is 0.240 e. The van der Waals surface area contributed by atoms with Gasteiger partial charge in [-0.2, -0.15) is 0 Å². The average Bonchev–Trinajstić information content (AvgIpc) is 2.97. The molecule has 152 valence electrons. The van der Waals surface area contributed by atoms with Crippen LogP contribution in [0.15, 0.2) is 29.2 Å². The predicted molar refractivity (Wildman–Crippen MR) is 111 cm³/mol. The van der Waals surface area contributed by atoms with E-state index >= 15 is 0 Å². The van der Waals surface area contributed by atoms with Crippen LogP contribution < -0.4 is 10.0 Å². The van der Waals surface area contributed by atoms with Gasteiger partial charge in [-0.25, -0.2) is 13.1 Å². The van der Waals surface area contributed by atoms with E-state index < -0.39 is 10.0 Å². The molecule has 0 radical (unpaired) electrons. The zero-order valence-corrected chi connectivity index (χ0v) is 18.2. The number of rotatable bonds is 9. The number of carbonyl (C=O) groups excluding carboxylic acids is 2. The Morgan fingerprint density at radius 3 is 2.36 bits per heavy atom. The molecule has 0 fully saturated rings. The molecule has 0 saturated carbocycles. The Labute approximate surface area is 170 Å². The fourth-order valence-corrected chi connectivity index (χ4v) is 5.12. The van der Waals surface area contributed by atoms with Gasteiger partial charge in [-0.15, -0.1) is 11.3 Å². The van der Waals surface area contributed by atoms with Gasteiger partial charge in [0, 0.05) is 41.2 Å². The topological polar surface area (TPSA) is 92.3 Å². The second-order valence-corrected chi connectivity index (χ2v) is 9.96. The van der Waals surface area contributed by atoms with Crippen molar-refractivity contribution in [2.24, 2.45) is 0 Å². The lowest BCUT2D eigenvalue weighted by atomic mass is 10.1. The molecule has 1 aromatic carbocycles. The molecule has 2 aromatic rings. The van der Waals surface area contributed by atoms with Crippen molar-refractivity contribution in [2.75, 3.05) is 13.1 Å². The summed E-state index contributed by atoms with van der Waals surface area (Å²) in [6.45, 7) is 7.65. The first-order chi connectivity index (χ1) is 13.1. The van der Waals surface area contributed by atoms with E-state index in [4.69, 9.17) is 0 Å². The molecule has 0 atom stereocenters. The number of benzene rings is 1. The maximum atomic E-state index is 12.4. The molecule has 0 aliphatic heterocycles. The second-order valence-electron chi connectivity index (χ2n) is 6.77. The Hall–Kier alpha value is -2.03. The largest absolute Gasteiger partial charge is 0.355 e. The van der Waals surface area contributed by atoms with Crippen LogP contribution >= 0.6 is 11.3 Å². The number of hydrogen-bond donors (Lipinski definition) is 2. The summed E-state index contributed by atoms with van der Waals surface area (Å²) in [4.78, 5) is 26.4. The van der Waals surface area contributed by atoms with Crippen LogP contribution in [-0.4, -0.2) is 33.2 Å². The first-order valence-corrected chi connectivity index (χ1v) is 11.3. The van der Waals surface area contributed by atoms with Gasteiger partial charge in [-0.05, 0) is 51.0 Å². The quantitative estimate of drug-likeness (QED) is 0.480. The molecule has 0 bridgehead atoms. The highest BCUT2D eigenvalue weighted by Gasteiger charge is 2.17. The molecular weight excluding hydrogens is 396 g/mol. The van der Waals surface area contributed by atoms with E-state index in [1.165, 1.54) is 0 Å². The molecule has 6 nitrogen and oxygen atoms in total. The number of Topliss-reactive ketones (excluding diaryl/α,β-unsaturated/α-hetero) is 1. The van der Waals surface area contributed by atoms with Crippen molar-refractivity contribution in [2.45, 2.75) is 45.4 Å². The summed E-state index contributed by atoms with van der Waals surface area (Å²) < 4.78 is 27.3. The van der Waals surface area contributed by atoms with Gasteiger partial charge in [0.15, 0.2) is 5.78 Å². The summed E-state index contributed by atoms with van der Waals surface area (Å²) >= 11 is 1.56. The molecule has 1 amide bonds. The zero-order valence-electron chi connectivity index (χ0n) is 16.6. The predicted octanol–water partition coefficient (Wildman–Crippen LogP) is 3.04. The number of ketones is 1. The number of amides is 1. The SMILES string of the molecule is Cc1ccc(C)c(S(=O)(=O)NCCNC(=O)CCC(=O)c2cc(C)sc2C)c1. The Kier molecular flexibility index (Phi) is 7.51. The van der Waals surface area contributed by atoms with Crippen molar-refractivity contribution in [1.29, 1.82) is 0 Å². The molecule has 8 heteroatoms. The third kappa shape index (κ3) is 5.98. The number of sulfonamides is 1. The maximum absolute atomic E-state index is 12.4. The molecule has 2 rings (SSSR count). The summed E-state index contributed by atoms with van der Waals surface area (Å²) in [5, 5.41) is 2.64. The first-order valence-electron chi connectivity index (χ1n) is 9.04. The normalized spacial score (nSPS) is 11.4. The van der Waals surface area contributed by atoms with E-state index in [0.717, 1.165) is 15.3 Å². The number of thiophene rings is 1. The van der Waals surface area contributed by atoms with Gasteiger partial charge in [0.25, 0.3) is 0 Å². The average molecular weight is 423 g/mol. The Bertz CT molecular complexity index is 978. The molecule has 1 aromatic heterocycles. The second kappa shape index (κ2) is 9.45. The van der Waals surface area contributed by atoms with Gasteiger partial charge < -0.3 is 5.32 Å². The highest BCUT2D eigenvalue weighted by atomic mass is 32.2. The maximum Gasteiger partial charge on any atom is 0.240 e. The molecule has 28 heavy (non-hydrogen) atoms. The molecular formula is C20H26N2O4S2. The van der Waals surface area contributed by atoms with E-state index in [2.05, 4.69) is 10.0 Å². The number of nitrogens with one attached hydrogen (secondary N) is 2. The Morgan fingerprint density at radius 2 is 1.71 bits per heavy atom. The van der Waals surface area contributed by atoms with Gasteiger partial charge in [0.05, 0.1) is 4.90 Å². The summed E-state index contributed by atoms with van der Waals surface area (Å²) in [6.07, 6.45) is 0.216. The van der Waals surface area contributed by atoms with Crippen molar-refractivity contribution in [3.63, 3.8) is 0 Å². The zero-order chi connectivity index (χ0) is 20.9. The van der Waals surface area contributed by atoms with Crippen molar-refractivity contribution in [3.8, 4) is 0 Å². The lowest BCUT2D eigenvalue weighted by Crippen LogP contribution is -2.35. The Balaban J connectivity index is 1.77. The summed E-state index contributed by atoms with van der Waals surface area (Å²) in [7, 11) is -3.63. The highest BCUT2D eigenvalue weighted by Crippen LogP contribution is 2.22. The van der Waals surface area contributed by atoms with Gasteiger partial charge in [0.1, 0.15) is 0 Å². The standard InChI is InChI=1S/C20H26N2O4S2/c1-13-5-6-14(2)19(11-13)28(25,26)22-10-9-21-20(24)8-7-18(23)17-12-15(3)27-16(17)4/h5-6,11-12,22H,7-10H2,1-4H3,(H,21,24). The molecule has 0 saturated heterocycles. The van der Waals surface area contributed by atoms with Gasteiger partial charge in [0.2, 0.25) is 15.9 Å². The van der Waals surface area contributed by atoms with Gasteiger partial charge >= 0.3 is 0 Å². The molecule has 1 heterocycles. The number of carbonyl (C=O) groups is 2. The lowest BCUT2D eigenvalue weighted by molar-refractivity contribution is -0.121. The van der Waals surface area contributed by atoms with Crippen molar-refractivity contribution >= 4 is 33.1 Å². The summed E-state index contributed by atoms with van der Waals surface area (Å²) in [5.41, 5.74) is 2.20. The fraction of sp³-hybridized carbons (Fsp3) is 0.400. The van der Waals surface area contributed by atoms with Crippen molar-refractivity contribution in [3.05, 3.63) is 50.7 Å². The van der Waals surface area contributed by atoms with E-state index in [-0.39, 0.29) is 42.5 Å². The van der Waals surface area contributed by atoms with Crippen LogP contribution in [0, 0.1) is 27.7 Å². The van der Waals surface area contributed by atoms with Crippen molar-refractivity contribution < 1.29 is 18.0 Å². The van der Waals surface area contributed by atoms with Crippen molar-refractivity contribution in [1.82, 2.24) is 10.0 Å². The number of aryl methyl sites for hydroxylation is 4. The Morgan fingerprint density at radius 1 is 1.00 bits per heavy atom. The van der Waals surface area contributed by atoms with Crippen LogP contribution in [0.25, 0.3) is 0 Å². The van der Waals surface area contributed by atoms with Crippen LogP contribution in [0.1, 0.15) is 44.1 Å². The molecule has 0 aliphatic rings. The number of hydrogen-bond acceptors (Lipinski definition) is 5. The third-order valence-corrected chi connectivity index (χ3v) is 6.86. The van der Waals surface area contributed by atoms with Gasteiger partial charge in [-0.1, -0.05) is 12.1 Å². The van der Waals surface area contributed by atoms with Crippen LogP contribution in [0.2, 0.25) is 0 Å². The minimum Gasteiger partial charge on any atom is -0.355 e. The first kappa shape index (κ1) is 22.3. The summed E-state index contributed by atoms with van der Waals surface area (Å²) in [5.74, 6) is -0.323. The van der Waals surface area contributed by atoms with Gasteiger partial charge in [-0.3, -0.25) is 9.59 Å².